The van der Waals surface area contributed by atoms with Crippen LogP contribution in [-0.2, 0) is 4.79 Å². The molecule has 0 saturated heterocycles. The molecule has 0 spiro atoms. The van der Waals surface area contributed by atoms with Crippen LogP contribution in [0.4, 0.5) is 0 Å². The molecule has 1 aliphatic rings. The number of hydrogen-bond acceptors (Lipinski definition) is 3. The molecule has 2 rings (SSSR count). The average Bonchev–Trinajstić information content (AvgIpc) is 2.39. The molecule has 0 atom stereocenters. The summed E-state index contributed by atoms with van der Waals surface area (Å²) in [5, 5.41) is 2.84. The Bertz CT molecular complexity index is 571. The summed E-state index contributed by atoms with van der Waals surface area (Å²) in [6.45, 7) is 1.76. The van der Waals surface area contributed by atoms with Crippen LogP contribution in [0.1, 0.15) is 41.7 Å². The first-order valence-corrected chi connectivity index (χ1v) is 6.77. The van der Waals surface area contributed by atoms with Crippen LogP contribution in [0.3, 0.4) is 0 Å². The number of amides is 2. The number of nitrogens with one attached hydrogen (secondary N) is 2. The summed E-state index contributed by atoms with van der Waals surface area (Å²) in [4.78, 5) is 37.7. The van der Waals surface area contributed by atoms with E-state index in [2.05, 4.69) is 10.3 Å². The van der Waals surface area contributed by atoms with E-state index >= 15 is 0 Å². The fourth-order valence-corrected chi connectivity index (χ4v) is 2.54. The minimum absolute atomic E-state index is 0.00111. The smallest absolute Gasteiger partial charge is 0.256 e. The van der Waals surface area contributed by atoms with Gasteiger partial charge in [-0.1, -0.05) is 0 Å². The van der Waals surface area contributed by atoms with Crippen LogP contribution in [0.2, 0.25) is 0 Å². The fourth-order valence-electron chi connectivity index (χ4n) is 2.54. The Hall–Kier alpha value is -2.11. The first kappa shape index (κ1) is 14.3. The Labute approximate surface area is 116 Å². The van der Waals surface area contributed by atoms with Crippen LogP contribution in [0.15, 0.2) is 17.1 Å². The third-order valence-electron chi connectivity index (χ3n) is 3.77. The molecular formula is C14H19N3O3. The molecule has 20 heavy (non-hydrogen) atoms. The van der Waals surface area contributed by atoms with Gasteiger partial charge in [0.15, 0.2) is 5.43 Å². The van der Waals surface area contributed by atoms with E-state index in [4.69, 9.17) is 5.73 Å². The van der Waals surface area contributed by atoms with E-state index in [-0.39, 0.29) is 34.8 Å². The fraction of sp³-hybridized carbons (Fsp3) is 0.500. The van der Waals surface area contributed by atoms with Gasteiger partial charge >= 0.3 is 0 Å². The minimum atomic E-state index is -0.367. The topological polar surface area (TPSA) is 105 Å². The van der Waals surface area contributed by atoms with Gasteiger partial charge in [0, 0.05) is 29.9 Å². The second-order valence-electron chi connectivity index (χ2n) is 5.32. The van der Waals surface area contributed by atoms with E-state index in [9.17, 15) is 14.4 Å². The van der Waals surface area contributed by atoms with Gasteiger partial charge in [0.2, 0.25) is 5.91 Å². The van der Waals surface area contributed by atoms with Crippen molar-refractivity contribution in [3.05, 3.63) is 33.7 Å². The van der Waals surface area contributed by atoms with Crippen molar-refractivity contribution in [3.63, 3.8) is 0 Å². The van der Waals surface area contributed by atoms with Crippen molar-refractivity contribution in [1.29, 1.82) is 0 Å². The van der Waals surface area contributed by atoms with E-state index in [1.54, 1.807) is 6.92 Å². The second kappa shape index (κ2) is 5.90. The molecule has 0 aliphatic heterocycles. The predicted molar refractivity (Wildman–Crippen MR) is 74.2 cm³/mol. The highest BCUT2D eigenvalue weighted by Gasteiger charge is 2.26. The molecule has 1 aromatic heterocycles. The van der Waals surface area contributed by atoms with Crippen molar-refractivity contribution in [2.45, 2.75) is 38.6 Å². The highest BCUT2D eigenvalue weighted by molar-refractivity contribution is 5.94. The van der Waals surface area contributed by atoms with E-state index in [0.29, 0.717) is 31.4 Å². The van der Waals surface area contributed by atoms with Crippen molar-refractivity contribution < 1.29 is 9.59 Å². The van der Waals surface area contributed by atoms with Crippen molar-refractivity contribution >= 4 is 11.8 Å². The summed E-state index contributed by atoms with van der Waals surface area (Å²) < 4.78 is 0. The van der Waals surface area contributed by atoms with Gasteiger partial charge < -0.3 is 16.0 Å². The number of pyridine rings is 1. The SMILES string of the molecule is Cc1cc(=O)c(C(=O)NC2CCC(C(N)=O)CC2)c[nH]1. The molecule has 1 fully saturated rings. The van der Waals surface area contributed by atoms with Crippen molar-refractivity contribution in [3.8, 4) is 0 Å². The maximum Gasteiger partial charge on any atom is 0.256 e. The van der Waals surface area contributed by atoms with Gasteiger partial charge in [-0.05, 0) is 32.6 Å². The standard InChI is InChI=1S/C14H19N3O3/c1-8-6-12(18)11(7-16-8)14(20)17-10-4-2-9(3-5-10)13(15)19/h6-7,9-10H,2-5H2,1H3,(H2,15,19)(H,16,18)(H,17,20). The lowest BCUT2D eigenvalue weighted by molar-refractivity contribution is -0.122. The number of aromatic amines is 1. The highest BCUT2D eigenvalue weighted by Crippen LogP contribution is 2.23. The Kier molecular flexibility index (Phi) is 4.22. The predicted octanol–water partition coefficient (Wildman–Crippen LogP) is 0.457. The summed E-state index contributed by atoms with van der Waals surface area (Å²) in [6, 6.07) is 1.40. The monoisotopic (exact) mass is 277 g/mol. The number of aryl methyl sites for hydroxylation is 1. The highest BCUT2D eigenvalue weighted by atomic mass is 16.2. The van der Waals surface area contributed by atoms with E-state index in [1.165, 1.54) is 12.3 Å². The first-order chi connectivity index (χ1) is 9.47. The molecule has 1 aromatic rings. The van der Waals surface area contributed by atoms with Gasteiger partial charge in [-0.3, -0.25) is 14.4 Å². The summed E-state index contributed by atoms with van der Waals surface area (Å²) in [5.41, 5.74) is 5.81. The van der Waals surface area contributed by atoms with Gasteiger partial charge in [0.1, 0.15) is 5.56 Å². The van der Waals surface area contributed by atoms with Crippen LogP contribution < -0.4 is 16.5 Å². The average molecular weight is 277 g/mol. The molecule has 1 saturated carbocycles. The molecule has 1 aliphatic carbocycles. The maximum absolute atomic E-state index is 12.0. The van der Waals surface area contributed by atoms with Crippen molar-refractivity contribution in [1.82, 2.24) is 10.3 Å². The zero-order valence-corrected chi connectivity index (χ0v) is 11.4. The number of carbonyl (C=O) groups is 2. The molecule has 108 valence electrons. The molecule has 0 aromatic carbocycles. The second-order valence-corrected chi connectivity index (χ2v) is 5.32. The minimum Gasteiger partial charge on any atom is -0.369 e. The van der Waals surface area contributed by atoms with Crippen LogP contribution in [0.5, 0.6) is 0 Å². The Morgan fingerprint density at radius 3 is 2.50 bits per heavy atom. The zero-order valence-electron chi connectivity index (χ0n) is 11.4. The lowest BCUT2D eigenvalue weighted by atomic mass is 9.85. The molecule has 0 unspecified atom stereocenters. The van der Waals surface area contributed by atoms with Gasteiger partial charge in [-0.2, -0.15) is 0 Å². The van der Waals surface area contributed by atoms with Gasteiger partial charge in [0.25, 0.3) is 5.91 Å². The number of primary amides is 1. The van der Waals surface area contributed by atoms with E-state index < -0.39 is 0 Å². The summed E-state index contributed by atoms with van der Waals surface area (Å²) in [6.07, 6.45) is 4.23. The molecule has 6 heteroatoms. The van der Waals surface area contributed by atoms with Crippen LogP contribution in [-0.4, -0.2) is 22.8 Å². The molecule has 0 radical (unpaired) electrons. The van der Waals surface area contributed by atoms with Gasteiger partial charge in [-0.25, -0.2) is 0 Å². The Balaban J connectivity index is 1.96. The van der Waals surface area contributed by atoms with E-state index in [1.807, 2.05) is 0 Å². The Morgan fingerprint density at radius 1 is 1.30 bits per heavy atom. The van der Waals surface area contributed by atoms with Gasteiger partial charge in [-0.15, -0.1) is 0 Å². The third-order valence-corrected chi connectivity index (χ3v) is 3.77. The lowest BCUT2D eigenvalue weighted by Crippen LogP contribution is -2.41. The number of nitrogens with two attached hydrogens (primary N) is 1. The summed E-state index contributed by atoms with van der Waals surface area (Å²) in [7, 11) is 0. The summed E-state index contributed by atoms with van der Waals surface area (Å²) in [5.74, 6) is -0.732. The van der Waals surface area contributed by atoms with Crippen LogP contribution >= 0.6 is 0 Å². The zero-order chi connectivity index (χ0) is 14.7. The molecule has 6 nitrogen and oxygen atoms in total. The normalized spacial score (nSPS) is 22.2. The number of carbonyl (C=O) groups excluding carboxylic acids is 2. The van der Waals surface area contributed by atoms with Crippen LogP contribution in [0.25, 0.3) is 0 Å². The quantitative estimate of drug-likeness (QED) is 0.747. The number of rotatable bonds is 3. The van der Waals surface area contributed by atoms with Crippen molar-refractivity contribution in [2.24, 2.45) is 11.7 Å². The van der Waals surface area contributed by atoms with Crippen LogP contribution in [0, 0.1) is 12.8 Å². The molecular weight excluding hydrogens is 258 g/mol. The molecule has 2 amide bonds. The number of aromatic nitrogens is 1. The first-order valence-electron chi connectivity index (χ1n) is 6.77. The molecule has 0 bridgehead atoms. The molecule has 4 N–H and O–H groups in total. The third kappa shape index (κ3) is 3.26. The number of H-pyrrole nitrogens is 1. The number of hydrogen-bond donors (Lipinski definition) is 3. The summed E-state index contributed by atoms with van der Waals surface area (Å²) >= 11 is 0. The lowest BCUT2D eigenvalue weighted by Gasteiger charge is -2.27. The van der Waals surface area contributed by atoms with Gasteiger partial charge in [0.05, 0.1) is 0 Å². The maximum atomic E-state index is 12.0. The van der Waals surface area contributed by atoms with Crippen molar-refractivity contribution in [2.75, 3.05) is 0 Å². The van der Waals surface area contributed by atoms with E-state index in [0.717, 1.165) is 0 Å². The largest absolute Gasteiger partial charge is 0.369 e. The Morgan fingerprint density at radius 2 is 1.95 bits per heavy atom. The molecule has 1 heterocycles.